The highest BCUT2D eigenvalue weighted by Gasteiger charge is 2.86. The maximum atomic E-state index is 14.1. The number of ether oxygens (including phenoxy) is 13. The van der Waals surface area contributed by atoms with Gasteiger partial charge in [0, 0.05) is 16.7 Å². The van der Waals surface area contributed by atoms with Crippen LogP contribution >= 0.6 is 0 Å². The molecule has 11 fully saturated rings. The third kappa shape index (κ3) is 12.8. The van der Waals surface area contributed by atoms with E-state index in [4.69, 9.17) is 61.6 Å². The number of aliphatic hydroxyl groups excluding tert-OH is 15. The molecule has 32 heteroatoms. The Morgan fingerprint density at radius 1 is 0.515 bits per heavy atom. The Balaban J connectivity index is 0.912. The Morgan fingerprint density at radius 2 is 1.04 bits per heavy atom. The second-order valence-corrected chi connectivity index (χ2v) is 33.1. The molecular weight excluding hydrogens is 1340 g/mol. The molecule has 2 bridgehead atoms. The van der Waals surface area contributed by atoms with Crippen LogP contribution in [0.1, 0.15) is 147 Å². The predicted octanol–water partition coefficient (Wildman–Crippen LogP) is -2.31. The largest absolute Gasteiger partial charge is 0.479 e. The van der Waals surface area contributed by atoms with Gasteiger partial charge in [-0.15, -0.1) is 0 Å². The van der Waals surface area contributed by atoms with E-state index in [-0.39, 0.29) is 24.7 Å². The molecule has 0 aromatic carbocycles. The Hall–Kier alpha value is -2.63. The van der Waals surface area contributed by atoms with E-state index in [2.05, 4.69) is 20.8 Å². The lowest BCUT2D eigenvalue weighted by Crippen LogP contribution is -2.77. The van der Waals surface area contributed by atoms with Crippen molar-refractivity contribution in [3.05, 3.63) is 0 Å². The average molecular weight is 1450 g/mol. The standard InChI is InChI=1S/C69H112O32/c1-13-26(3)55(86)99-52-53(100-56(87)27(4)14-2)69-34(21-63(52,6)7)68(101-62(69)88)20-16-33-65(10)18-17-36(64(8,9)32(65)15-19-66(33,11)67(68,12)22-35(69)73)93-61-51(98-58-45(82)41(78)39(76)30(23-70)91-58)47(46(83)48(95-61)54(84)85)94-60-50(43(80)40(77)31(24-71)92-60)97-59-49(42(79)37(74)28(5)90-59)96-57-44(81)38(75)29(72)25-89-57/h26-53,57-62,70-83,88H,13-25H2,1-12H3,(H,84,85)/t26?,27?,28-,29+,30+,31+,32?,33?,34?,35+,36-,37-,38-,39-,40-,41-,42+,43-,44+,45+,46-,47-,48-,49+,50+,51+,52-,53-,57-,58-,59-,60-,61+,62+,65-,66+,67-,68-,69+/m0/s1. The molecule has 11 rings (SSSR count). The fourth-order valence-corrected chi connectivity index (χ4v) is 20.5. The Labute approximate surface area is 586 Å². The molecule has 0 aromatic heterocycles. The molecule has 101 heavy (non-hydrogen) atoms. The van der Waals surface area contributed by atoms with Gasteiger partial charge in [-0.1, -0.05) is 76.2 Å². The minimum Gasteiger partial charge on any atom is -0.479 e. The van der Waals surface area contributed by atoms with Gasteiger partial charge in [-0.25, -0.2) is 4.79 Å². The maximum absolute atomic E-state index is 14.1. The number of aliphatic carboxylic acids is 1. The first-order chi connectivity index (χ1) is 47.2. The van der Waals surface area contributed by atoms with Crippen molar-refractivity contribution in [3.8, 4) is 0 Å². The molecular formula is C69H112O32. The molecule has 11 aliphatic rings. The van der Waals surface area contributed by atoms with Gasteiger partial charge in [0.1, 0.15) is 110 Å². The fourth-order valence-electron chi connectivity index (χ4n) is 20.5. The zero-order valence-corrected chi connectivity index (χ0v) is 59.5. The molecule has 1 spiro atoms. The summed E-state index contributed by atoms with van der Waals surface area (Å²) in [5.74, 6) is -4.73. The van der Waals surface area contributed by atoms with Gasteiger partial charge in [0.15, 0.2) is 49.9 Å². The number of carbonyl (C=O) groups is 3. The number of hydrogen-bond acceptors (Lipinski definition) is 31. The molecule has 6 heterocycles. The third-order valence-electron chi connectivity index (χ3n) is 27.0. The molecule has 5 aliphatic carbocycles. The molecule has 5 unspecified atom stereocenters. The number of carboxylic acid groups (broad SMARTS) is 1. The van der Waals surface area contributed by atoms with Gasteiger partial charge in [-0.3, -0.25) is 9.59 Å². The van der Waals surface area contributed by atoms with Crippen molar-refractivity contribution in [1.29, 1.82) is 0 Å². The van der Waals surface area contributed by atoms with Crippen LogP contribution in [0, 0.1) is 62.1 Å². The highest BCUT2D eigenvalue weighted by atomic mass is 16.8. The van der Waals surface area contributed by atoms with Gasteiger partial charge in [-0.05, 0) is 99.2 Å². The fraction of sp³-hybridized carbons (Fsp3) is 0.957. The quantitative estimate of drug-likeness (QED) is 0.0477. The minimum atomic E-state index is -2.37. The summed E-state index contributed by atoms with van der Waals surface area (Å²) in [6, 6.07) is 0. The summed E-state index contributed by atoms with van der Waals surface area (Å²) in [5, 5.41) is 181. The van der Waals surface area contributed by atoms with Crippen LogP contribution in [-0.2, 0) is 76.0 Å². The molecule has 6 saturated heterocycles. The molecule has 16 N–H and O–H groups in total. The summed E-state index contributed by atoms with van der Waals surface area (Å²) in [4.78, 5) is 41.5. The maximum Gasteiger partial charge on any atom is 0.335 e. The topological polar surface area (TPSA) is 495 Å². The van der Waals surface area contributed by atoms with E-state index in [1.54, 1.807) is 13.8 Å². The lowest BCUT2D eigenvalue weighted by atomic mass is 9.30. The second kappa shape index (κ2) is 29.1. The second-order valence-electron chi connectivity index (χ2n) is 33.1. The smallest absolute Gasteiger partial charge is 0.335 e. The van der Waals surface area contributed by atoms with Crippen LogP contribution in [0.4, 0.5) is 0 Å². The summed E-state index contributed by atoms with van der Waals surface area (Å²) >= 11 is 0. The van der Waals surface area contributed by atoms with Crippen LogP contribution in [-0.4, -0.2) is 303 Å². The van der Waals surface area contributed by atoms with E-state index in [1.165, 1.54) is 6.92 Å². The Kier molecular flexibility index (Phi) is 22.9. The van der Waals surface area contributed by atoms with Crippen molar-refractivity contribution in [2.45, 2.75) is 331 Å². The summed E-state index contributed by atoms with van der Waals surface area (Å²) in [6.45, 7) is 20.6. The SMILES string of the molecule is CCC(C)C(=O)O[C@H]1[C@H](OC(=O)C(C)CC)[C@@]23C(CC1(C)C)[C@]1(CCC4[C@@]5(C)CC[C@H](O[C@@H]6O[C@H](C(=O)O)[C@@H](O)[C@H](O[C@@H]7O[C@H](CO)[C@H](O)[C@H](O)[C@H]7O[C@@H]7O[C@@H](C)[C@H](O)[C@@H](O)[C@H]7O[C@@H]7OC[C@@H](O)[C@H](O)[C@H]7O)[C@H]6O[C@@H]6O[C@H](CO)[C@H](O)[C@H](O)[C@H]6O)C(C)(C)C5CC[C@@]4(C)[C@]1(C)C[C@H]2O)O[C@H]3O. The monoisotopic (exact) mass is 1450 g/mol. The number of hydrogen-bond donors (Lipinski definition) is 16. The first-order valence-electron chi connectivity index (χ1n) is 36.1. The number of fused-ring (bicyclic) bond motifs is 4. The first kappa shape index (κ1) is 79.4. The van der Waals surface area contributed by atoms with Gasteiger partial charge in [-0.2, -0.15) is 0 Å². The number of aliphatic hydroxyl groups is 15. The van der Waals surface area contributed by atoms with Crippen molar-refractivity contribution in [1.82, 2.24) is 0 Å². The van der Waals surface area contributed by atoms with Crippen LogP contribution in [0.3, 0.4) is 0 Å². The number of carbonyl (C=O) groups excluding carboxylic acids is 2. The lowest BCUT2D eigenvalue weighted by Gasteiger charge is -2.75. The Bertz CT molecular complexity index is 2910. The summed E-state index contributed by atoms with van der Waals surface area (Å²) in [5.41, 5.74) is -6.41. The van der Waals surface area contributed by atoms with Gasteiger partial charge in [0.2, 0.25) is 0 Å². The van der Waals surface area contributed by atoms with Crippen LogP contribution in [0.5, 0.6) is 0 Å². The van der Waals surface area contributed by atoms with E-state index in [1.807, 2.05) is 41.5 Å². The average Bonchev–Trinajstić information content (AvgIpc) is 1.53. The van der Waals surface area contributed by atoms with Crippen LogP contribution in [0.2, 0.25) is 0 Å². The molecule has 0 amide bonds. The Morgan fingerprint density at radius 3 is 1.64 bits per heavy atom. The first-order valence-corrected chi connectivity index (χ1v) is 36.1. The highest BCUT2D eigenvalue weighted by Crippen LogP contribution is 2.82. The van der Waals surface area contributed by atoms with Crippen molar-refractivity contribution < 1.29 is 158 Å². The van der Waals surface area contributed by atoms with E-state index in [9.17, 15) is 96.1 Å². The van der Waals surface area contributed by atoms with E-state index in [0.717, 1.165) is 0 Å². The van der Waals surface area contributed by atoms with E-state index < -0.39 is 272 Å². The molecule has 6 aliphatic heterocycles. The number of rotatable bonds is 19. The highest BCUT2D eigenvalue weighted by molar-refractivity contribution is 5.74. The summed E-state index contributed by atoms with van der Waals surface area (Å²) < 4.78 is 81.8. The molecule has 32 nitrogen and oxygen atoms in total. The molecule has 5 saturated carbocycles. The van der Waals surface area contributed by atoms with Gasteiger partial charge < -0.3 is 143 Å². The van der Waals surface area contributed by atoms with Crippen molar-refractivity contribution in [2.24, 2.45) is 62.1 Å². The third-order valence-corrected chi connectivity index (χ3v) is 27.0. The van der Waals surface area contributed by atoms with Crippen molar-refractivity contribution in [2.75, 3.05) is 19.8 Å². The number of esters is 2. The number of carboxylic acids is 1. The zero-order valence-electron chi connectivity index (χ0n) is 59.5. The summed E-state index contributed by atoms with van der Waals surface area (Å²) in [7, 11) is 0. The van der Waals surface area contributed by atoms with Crippen molar-refractivity contribution >= 4 is 17.9 Å². The normalized spacial score (nSPS) is 52.9. The zero-order chi connectivity index (χ0) is 74.2. The van der Waals surface area contributed by atoms with Gasteiger partial charge in [0.25, 0.3) is 0 Å². The molecule has 39 atom stereocenters. The van der Waals surface area contributed by atoms with Crippen molar-refractivity contribution in [3.63, 3.8) is 0 Å². The lowest BCUT2D eigenvalue weighted by molar-refractivity contribution is -0.411. The van der Waals surface area contributed by atoms with Crippen LogP contribution < -0.4 is 0 Å². The molecule has 0 radical (unpaired) electrons. The minimum absolute atomic E-state index is 0.0863. The summed E-state index contributed by atoms with van der Waals surface area (Å²) in [6.07, 6.45) is -48.8. The molecule has 580 valence electrons. The van der Waals surface area contributed by atoms with E-state index >= 15 is 0 Å². The predicted molar refractivity (Wildman–Crippen MR) is 339 cm³/mol. The van der Waals surface area contributed by atoms with Crippen LogP contribution in [0.15, 0.2) is 0 Å². The van der Waals surface area contributed by atoms with Gasteiger partial charge in [0.05, 0.1) is 61.0 Å². The molecule has 0 aromatic rings. The van der Waals surface area contributed by atoms with Crippen LogP contribution in [0.25, 0.3) is 0 Å². The van der Waals surface area contributed by atoms with E-state index in [0.29, 0.717) is 51.4 Å². The van der Waals surface area contributed by atoms with Gasteiger partial charge >= 0.3 is 17.9 Å².